The van der Waals surface area contributed by atoms with Crippen molar-refractivity contribution in [1.82, 2.24) is 5.32 Å². The van der Waals surface area contributed by atoms with Gasteiger partial charge in [0.1, 0.15) is 0 Å². The molecule has 1 saturated heterocycles. The lowest BCUT2D eigenvalue weighted by Crippen LogP contribution is -2.33. The molecule has 1 heterocycles. The Bertz CT molecular complexity index is 150. The van der Waals surface area contributed by atoms with E-state index in [0.717, 1.165) is 19.6 Å². The normalized spacial score (nSPS) is 34.4. The topological polar surface area (TPSA) is 41.5 Å². The minimum Gasteiger partial charge on any atom is -0.389 e. The Morgan fingerprint density at radius 3 is 2.69 bits per heavy atom. The third kappa shape index (κ3) is 2.93. The molecule has 0 radical (unpaired) electrons. The first-order valence-electron chi connectivity index (χ1n) is 5.18. The first-order chi connectivity index (χ1) is 6.15. The summed E-state index contributed by atoms with van der Waals surface area (Å²) in [5.74, 6) is 0.535. The summed E-state index contributed by atoms with van der Waals surface area (Å²) in [7, 11) is 0. The Balaban J connectivity index is 2.28. The average molecular weight is 187 g/mol. The Kier molecular flexibility index (Phi) is 4.16. The largest absolute Gasteiger partial charge is 0.389 e. The molecule has 0 bridgehead atoms. The van der Waals surface area contributed by atoms with E-state index in [4.69, 9.17) is 4.74 Å². The van der Waals surface area contributed by atoms with Crippen molar-refractivity contribution in [2.45, 2.75) is 45.4 Å². The van der Waals surface area contributed by atoms with Gasteiger partial charge < -0.3 is 15.2 Å². The van der Waals surface area contributed by atoms with Crippen molar-refractivity contribution in [3.8, 4) is 0 Å². The molecule has 13 heavy (non-hydrogen) atoms. The third-order valence-corrected chi connectivity index (χ3v) is 2.46. The Hall–Kier alpha value is -0.120. The smallest absolute Gasteiger partial charge is 0.0973 e. The van der Waals surface area contributed by atoms with Crippen molar-refractivity contribution in [1.29, 1.82) is 0 Å². The van der Waals surface area contributed by atoms with Crippen molar-refractivity contribution >= 4 is 0 Å². The lowest BCUT2D eigenvalue weighted by atomic mass is 10.1. The van der Waals surface area contributed by atoms with Crippen LogP contribution in [-0.4, -0.2) is 36.5 Å². The van der Waals surface area contributed by atoms with Crippen molar-refractivity contribution in [2.75, 3.05) is 13.2 Å². The maximum atomic E-state index is 9.77. The van der Waals surface area contributed by atoms with E-state index in [-0.39, 0.29) is 18.2 Å². The van der Waals surface area contributed by atoms with Gasteiger partial charge in [-0.2, -0.15) is 0 Å². The van der Waals surface area contributed by atoms with Gasteiger partial charge in [-0.05, 0) is 12.3 Å². The first kappa shape index (κ1) is 11.0. The highest BCUT2D eigenvalue weighted by Crippen LogP contribution is 2.14. The molecule has 1 aliphatic rings. The van der Waals surface area contributed by atoms with Crippen molar-refractivity contribution in [3.05, 3.63) is 0 Å². The summed E-state index contributed by atoms with van der Waals surface area (Å²) in [6.45, 7) is 7.83. The molecule has 0 aromatic rings. The van der Waals surface area contributed by atoms with Crippen LogP contribution in [0.15, 0.2) is 0 Å². The molecule has 1 rings (SSSR count). The summed E-state index contributed by atoms with van der Waals surface area (Å²) < 4.78 is 5.60. The molecule has 0 aromatic carbocycles. The number of nitrogens with one attached hydrogen (secondary N) is 1. The van der Waals surface area contributed by atoms with Gasteiger partial charge in [0.15, 0.2) is 0 Å². The van der Waals surface area contributed by atoms with Crippen LogP contribution in [0.25, 0.3) is 0 Å². The highest BCUT2D eigenvalue weighted by atomic mass is 16.5. The van der Waals surface area contributed by atoms with E-state index in [1.807, 2.05) is 0 Å². The molecular weight excluding hydrogens is 166 g/mol. The second-order valence-corrected chi connectivity index (χ2v) is 4.18. The fourth-order valence-electron chi connectivity index (χ4n) is 1.63. The second kappa shape index (κ2) is 4.94. The minimum absolute atomic E-state index is 0.00708. The highest BCUT2D eigenvalue weighted by Gasteiger charge is 2.33. The van der Waals surface area contributed by atoms with E-state index in [2.05, 4.69) is 26.1 Å². The van der Waals surface area contributed by atoms with E-state index < -0.39 is 0 Å². The SMILES string of the molecule is CCC1NCC(OCC(C)C)C1O. The van der Waals surface area contributed by atoms with Crippen LogP contribution in [0.1, 0.15) is 27.2 Å². The number of ether oxygens (including phenoxy) is 1. The predicted molar refractivity (Wildman–Crippen MR) is 52.7 cm³/mol. The summed E-state index contributed by atoms with van der Waals surface area (Å²) >= 11 is 0. The average Bonchev–Trinajstić information content (AvgIpc) is 2.43. The van der Waals surface area contributed by atoms with E-state index in [0.29, 0.717) is 5.92 Å². The van der Waals surface area contributed by atoms with Gasteiger partial charge in [0.25, 0.3) is 0 Å². The van der Waals surface area contributed by atoms with Crippen LogP contribution in [0, 0.1) is 5.92 Å². The molecule has 3 unspecified atom stereocenters. The molecule has 0 aromatic heterocycles. The number of aliphatic hydroxyl groups is 1. The predicted octanol–water partition coefficient (Wildman–Crippen LogP) is 0.770. The lowest BCUT2D eigenvalue weighted by molar-refractivity contribution is -0.0270. The van der Waals surface area contributed by atoms with Crippen LogP contribution in [0.5, 0.6) is 0 Å². The quantitative estimate of drug-likeness (QED) is 0.683. The van der Waals surface area contributed by atoms with Crippen LogP contribution in [0.2, 0.25) is 0 Å². The summed E-state index contributed by atoms with van der Waals surface area (Å²) in [4.78, 5) is 0. The maximum Gasteiger partial charge on any atom is 0.0973 e. The van der Waals surface area contributed by atoms with Gasteiger partial charge in [-0.25, -0.2) is 0 Å². The molecule has 78 valence electrons. The number of rotatable bonds is 4. The van der Waals surface area contributed by atoms with Crippen LogP contribution in [-0.2, 0) is 4.74 Å². The number of aliphatic hydroxyl groups excluding tert-OH is 1. The van der Waals surface area contributed by atoms with E-state index >= 15 is 0 Å². The molecule has 1 aliphatic heterocycles. The van der Waals surface area contributed by atoms with Gasteiger partial charge in [-0.15, -0.1) is 0 Å². The van der Waals surface area contributed by atoms with Gasteiger partial charge in [0.05, 0.1) is 12.2 Å². The van der Waals surface area contributed by atoms with Crippen molar-refractivity contribution < 1.29 is 9.84 Å². The summed E-state index contributed by atoms with van der Waals surface area (Å²) in [6.07, 6.45) is 0.624. The van der Waals surface area contributed by atoms with Crippen LogP contribution in [0.3, 0.4) is 0 Å². The van der Waals surface area contributed by atoms with Gasteiger partial charge in [-0.3, -0.25) is 0 Å². The van der Waals surface area contributed by atoms with Crippen molar-refractivity contribution in [2.24, 2.45) is 5.92 Å². The third-order valence-electron chi connectivity index (χ3n) is 2.46. The Morgan fingerprint density at radius 2 is 2.23 bits per heavy atom. The molecular formula is C10H21NO2. The molecule has 3 heteroatoms. The fourth-order valence-corrected chi connectivity index (χ4v) is 1.63. The molecule has 1 fully saturated rings. The van der Waals surface area contributed by atoms with Gasteiger partial charge in [0, 0.05) is 19.2 Å². The molecule has 2 N–H and O–H groups in total. The molecule has 0 aliphatic carbocycles. The zero-order chi connectivity index (χ0) is 9.84. The first-order valence-corrected chi connectivity index (χ1v) is 5.18. The van der Waals surface area contributed by atoms with Crippen molar-refractivity contribution in [3.63, 3.8) is 0 Å². The van der Waals surface area contributed by atoms with E-state index in [1.165, 1.54) is 0 Å². The Morgan fingerprint density at radius 1 is 1.54 bits per heavy atom. The van der Waals surface area contributed by atoms with Gasteiger partial charge in [-0.1, -0.05) is 20.8 Å². The molecule has 0 spiro atoms. The van der Waals surface area contributed by atoms with Crippen LogP contribution in [0.4, 0.5) is 0 Å². The maximum absolute atomic E-state index is 9.77. The lowest BCUT2D eigenvalue weighted by Gasteiger charge is -2.18. The van der Waals surface area contributed by atoms with E-state index in [9.17, 15) is 5.11 Å². The zero-order valence-electron chi connectivity index (χ0n) is 8.79. The molecule has 0 amide bonds. The number of hydrogen-bond donors (Lipinski definition) is 2. The van der Waals surface area contributed by atoms with Crippen LogP contribution >= 0.6 is 0 Å². The second-order valence-electron chi connectivity index (χ2n) is 4.18. The molecule has 3 nitrogen and oxygen atoms in total. The summed E-state index contributed by atoms with van der Waals surface area (Å²) in [6, 6.07) is 0.220. The standard InChI is InChI=1S/C10H21NO2/c1-4-8-10(12)9(5-11-8)13-6-7(2)3/h7-12H,4-6H2,1-3H3. The number of hydrogen-bond acceptors (Lipinski definition) is 3. The van der Waals surface area contributed by atoms with Gasteiger partial charge in [0.2, 0.25) is 0 Å². The van der Waals surface area contributed by atoms with E-state index in [1.54, 1.807) is 0 Å². The summed E-state index contributed by atoms with van der Waals surface area (Å²) in [5, 5.41) is 13.0. The fraction of sp³-hybridized carbons (Fsp3) is 1.00. The highest BCUT2D eigenvalue weighted by molar-refractivity contribution is 4.90. The van der Waals surface area contributed by atoms with Gasteiger partial charge >= 0.3 is 0 Å². The monoisotopic (exact) mass is 187 g/mol. The Labute approximate surface area is 80.5 Å². The van der Waals surface area contributed by atoms with Crippen LogP contribution < -0.4 is 5.32 Å². The zero-order valence-corrected chi connectivity index (χ0v) is 8.79. The molecule has 0 saturated carbocycles. The molecule has 3 atom stereocenters. The minimum atomic E-state index is -0.330. The summed E-state index contributed by atoms with van der Waals surface area (Å²) in [5.41, 5.74) is 0.